The summed E-state index contributed by atoms with van der Waals surface area (Å²) in [6.45, 7) is 4.48. The lowest BCUT2D eigenvalue weighted by atomic mass is 9.93. The maximum atomic E-state index is 12.5. The number of carbonyl (C=O) groups excluding carboxylic acids is 2. The molecule has 4 amide bonds. The van der Waals surface area contributed by atoms with Crippen molar-refractivity contribution in [2.45, 2.75) is 39.5 Å². The fourth-order valence-electron chi connectivity index (χ4n) is 2.43. The van der Waals surface area contributed by atoms with Gasteiger partial charge in [-0.3, -0.25) is 18.1 Å². The van der Waals surface area contributed by atoms with Gasteiger partial charge < -0.3 is 10.6 Å². The molecule has 2 fully saturated rings. The van der Waals surface area contributed by atoms with Crippen molar-refractivity contribution in [2.75, 3.05) is 39.5 Å². The Balaban J connectivity index is 1.78. The Morgan fingerprint density at radius 1 is 0.759 bits per heavy atom. The summed E-state index contributed by atoms with van der Waals surface area (Å²) in [6, 6.07) is -1.28. The molecule has 14 heteroatoms. The van der Waals surface area contributed by atoms with Crippen molar-refractivity contribution in [2.24, 2.45) is 5.41 Å². The van der Waals surface area contributed by atoms with Crippen molar-refractivity contribution in [1.82, 2.24) is 20.8 Å². The van der Waals surface area contributed by atoms with E-state index in [0.29, 0.717) is 13.1 Å². The number of amides is 4. The van der Waals surface area contributed by atoms with Gasteiger partial charge >= 0.3 is 27.6 Å². The van der Waals surface area contributed by atoms with Gasteiger partial charge in [-0.15, -0.1) is 0 Å². The van der Waals surface area contributed by atoms with Crippen LogP contribution in [0.4, 0.5) is 9.59 Å². The maximum Gasteiger partial charge on any atom is 0.436 e. The Kier molecular flexibility index (Phi) is 8.93. The number of carbonyl (C=O) groups is 2. The van der Waals surface area contributed by atoms with Crippen LogP contribution in [0.3, 0.4) is 0 Å². The highest BCUT2D eigenvalue weighted by molar-refractivity contribution is 7.52. The molecule has 2 aliphatic heterocycles. The summed E-state index contributed by atoms with van der Waals surface area (Å²) >= 11 is 0. The average molecular weight is 456 g/mol. The molecule has 0 radical (unpaired) electrons. The SMILES string of the molecule is CCCCNC(=O)NP1(=O)OCC2(CO1)COP(=O)(NC(=O)NCCCC)OC2. The third-order valence-corrected chi connectivity index (χ3v) is 7.10. The van der Waals surface area contributed by atoms with Gasteiger partial charge in [0.1, 0.15) is 0 Å². The highest BCUT2D eigenvalue weighted by Gasteiger charge is 2.49. The maximum absolute atomic E-state index is 12.5. The van der Waals surface area contributed by atoms with Crippen LogP contribution in [0.5, 0.6) is 0 Å². The molecule has 0 aliphatic carbocycles. The van der Waals surface area contributed by atoms with Gasteiger partial charge in [0.15, 0.2) is 0 Å². The van der Waals surface area contributed by atoms with Crippen LogP contribution in [-0.2, 0) is 27.2 Å². The number of hydrogen-bond donors (Lipinski definition) is 4. The van der Waals surface area contributed by atoms with Gasteiger partial charge in [0.25, 0.3) is 0 Å². The number of urea groups is 2. The first-order chi connectivity index (χ1) is 13.7. The van der Waals surface area contributed by atoms with E-state index in [1.165, 1.54) is 0 Å². The van der Waals surface area contributed by atoms with Crippen LogP contribution < -0.4 is 20.8 Å². The third-order valence-electron chi connectivity index (χ3n) is 4.27. The summed E-state index contributed by atoms with van der Waals surface area (Å²) in [5.74, 6) is 0. The van der Waals surface area contributed by atoms with E-state index in [1.807, 2.05) is 13.8 Å². The lowest BCUT2D eigenvalue weighted by Gasteiger charge is -2.42. The van der Waals surface area contributed by atoms with Gasteiger partial charge in [-0.1, -0.05) is 26.7 Å². The van der Waals surface area contributed by atoms with Crippen molar-refractivity contribution >= 4 is 27.6 Å². The van der Waals surface area contributed by atoms with Crippen LogP contribution in [0.2, 0.25) is 0 Å². The van der Waals surface area contributed by atoms with E-state index in [4.69, 9.17) is 18.1 Å². The topological polar surface area (TPSA) is 153 Å². The van der Waals surface area contributed by atoms with E-state index >= 15 is 0 Å². The fraction of sp³-hybridized carbons (Fsp3) is 0.867. The number of nitrogens with one attached hydrogen (secondary N) is 4. The molecule has 12 nitrogen and oxygen atoms in total. The van der Waals surface area contributed by atoms with E-state index in [9.17, 15) is 18.7 Å². The van der Waals surface area contributed by atoms with E-state index in [1.54, 1.807) is 0 Å². The first-order valence-corrected chi connectivity index (χ1v) is 12.7. The summed E-state index contributed by atoms with van der Waals surface area (Å²) in [5, 5.41) is 9.52. The van der Waals surface area contributed by atoms with Crippen molar-refractivity contribution in [1.29, 1.82) is 0 Å². The molecule has 0 aromatic rings. The predicted molar refractivity (Wildman–Crippen MR) is 104 cm³/mol. The van der Waals surface area contributed by atoms with Gasteiger partial charge in [0.05, 0.1) is 31.8 Å². The lowest BCUT2D eigenvalue weighted by molar-refractivity contribution is -0.0706. The average Bonchev–Trinajstić information content (AvgIpc) is 2.67. The minimum absolute atomic E-state index is 0.0950. The first-order valence-electron chi connectivity index (χ1n) is 9.64. The zero-order valence-corrected chi connectivity index (χ0v) is 18.5. The molecule has 2 rings (SSSR count). The highest BCUT2D eigenvalue weighted by Crippen LogP contribution is 2.55. The minimum Gasteiger partial charge on any atom is -0.338 e. The zero-order chi connectivity index (χ0) is 21.4. The van der Waals surface area contributed by atoms with Crippen LogP contribution in [0.25, 0.3) is 0 Å². The highest BCUT2D eigenvalue weighted by atomic mass is 31.2. The largest absolute Gasteiger partial charge is 0.436 e. The molecule has 2 aliphatic rings. The van der Waals surface area contributed by atoms with E-state index in [-0.39, 0.29) is 26.4 Å². The van der Waals surface area contributed by atoms with Gasteiger partial charge in [-0.25, -0.2) is 28.9 Å². The lowest BCUT2D eigenvalue weighted by Crippen LogP contribution is -2.49. The number of unbranched alkanes of at least 4 members (excludes halogenated alkanes) is 2. The molecule has 0 atom stereocenters. The van der Waals surface area contributed by atoms with E-state index in [2.05, 4.69) is 20.8 Å². The normalized spacial score (nSPS) is 31.8. The molecule has 0 aromatic carbocycles. The smallest absolute Gasteiger partial charge is 0.338 e. The summed E-state index contributed by atoms with van der Waals surface area (Å²) in [7, 11) is -7.61. The summed E-state index contributed by atoms with van der Waals surface area (Å²) in [5.41, 5.74) is -0.845. The predicted octanol–water partition coefficient (Wildman–Crippen LogP) is 2.48. The van der Waals surface area contributed by atoms with Crippen LogP contribution in [0.1, 0.15) is 39.5 Å². The molecule has 0 aromatic heterocycles. The minimum atomic E-state index is -3.80. The second-order valence-electron chi connectivity index (χ2n) is 7.03. The molecule has 29 heavy (non-hydrogen) atoms. The van der Waals surface area contributed by atoms with Crippen molar-refractivity contribution in [3.8, 4) is 0 Å². The summed E-state index contributed by atoms with van der Waals surface area (Å²) in [4.78, 5) is 23.5. The van der Waals surface area contributed by atoms with Crippen molar-refractivity contribution in [3.63, 3.8) is 0 Å². The zero-order valence-electron chi connectivity index (χ0n) is 16.7. The Hall–Kier alpha value is -1.16. The van der Waals surface area contributed by atoms with E-state index in [0.717, 1.165) is 25.7 Å². The van der Waals surface area contributed by atoms with Gasteiger partial charge in [-0.2, -0.15) is 0 Å². The Morgan fingerprint density at radius 2 is 1.10 bits per heavy atom. The van der Waals surface area contributed by atoms with Crippen molar-refractivity contribution in [3.05, 3.63) is 0 Å². The summed E-state index contributed by atoms with van der Waals surface area (Å²) < 4.78 is 46.0. The molecular formula is C15H30N4O8P2. The van der Waals surface area contributed by atoms with Crippen LogP contribution in [0, 0.1) is 5.41 Å². The molecule has 2 heterocycles. The molecule has 0 unspecified atom stereocenters. The molecule has 1 spiro atoms. The Bertz CT molecular complexity index is 593. The monoisotopic (exact) mass is 456 g/mol. The van der Waals surface area contributed by atoms with E-state index < -0.39 is 33.0 Å². The van der Waals surface area contributed by atoms with Crippen molar-refractivity contribution < 1.29 is 36.8 Å². The Labute approximate surface area is 170 Å². The fourth-order valence-corrected chi connectivity index (χ4v) is 5.26. The van der Waals surface area contributed by atoms with Gasteiger partial charge in [-0.05, 0) is 12.8 Å². The second-order valence-corrected chi connectivity index (χ2v) is 10.5. The Morgan fingerprint density at radius 3 is 1.41 bits per heavy atom. The van der Waals surface area contributed by atoms with Crippen LogP contribution in [-0.4, -0.2) is 51.6 Å². The van der Waals surface area contributed by atoms with Crippen LogP contribution in [0.15, 0.2) is 0 Å². The first kappa shape index (κ1) is 24.1. The van der Waals surface area contributed by atoms with Gasteiger partial charge in [0, 0.05) is 13.1 Å². The quantitative estimate of drug-likeness (QED) is 0.321. The molecular weight excluding hydrogens is 426 g/mol. The molecule has 0 saturated carbocycles. The standard InChI is InChI=1S/C15H30N4O8P2/c1-3-5-7-16-13(20)18-28(22)24-9-15(10-25-28)11-26-29(23,27-12-15)19-14(21)17-8-6-4-2/h3-12H2,1-2H3,(H2,16,18,20,22)(H2,17,19,21,23). The number of rotatable bonds is 8. The molecule has 2 saturated heterocycles. The molecule has 168 valence electrons. The molecule has 4 N–H and O–H groups in total. The summed E-state index contributed by atoms with van der Waals surface area (Å²) in [6.07, 6.45) is 3.41. The van der Waals surface area contributed by atoms with Gasteiger partial charge in [0.2, 0.25) is 0 Å². The van der Waals surface area contributed by atoms with Crippen LogP contribution >= 0.6 is 15.5 Å². The second kappa shape index (κ2) is 10.7. The number of hydrogen-bond acceptors (Lipinski definition) is 8. The third kappa shape index (κ3) is 7.55. The molecule has 0 bridgehead atoms.